The van der Waals surface area contributed by atoms with Crippen LogP contribution < -0.4 is 9.64 Å². The van der Waals surface area contributed by atoms with Gasteiger partial charge in [-0.1, -0.05) is 22.9 Å². The number of carbonyl (C=O) groups excluding carboxylic acids is 1. The van der Waals surface area contributed by atoms with Crippen LogP contribution in [0.1, 0.15) is 30.7 Å². The summed E-state index contributed by atoms with van der Waals surface area (Å²) in [7, 11) is 0. The Balaban J connectivity index is 1.50. The van der Waals surface area contributed by atoms with Crippen molar-refractivity contribution in [3.63, 3.8) is 0 Å². The van der Waals surface area contributed by atoms with Crippen molar-refractivity contribution in [3.8, 4) is 17.1 Å². The van der Waals surface area contributed by atoms with Crippen molar-refractivity contribution in [1.82, 2.24) is 10.1 Å². The predicted octanol–water partition coefficient (Wildman–Crippen LogP) is 3.96. The van der Waals surface area contributed by atoms with E-state index in [1.165, 1.54) is 5.56 Å². The van der Waals surface area contributed by atoms with Crippen molar-refractivity contribution in [3.05, 3.63) is 60.0 Å². The number of anilines is 1. The van der Waals surface area contributed by atoms with Crippen LogP contribution in [-0.4, -0.2) is 29.2 Å². The molecule has 1 aliphatic rings. The number of aryl methyl sites for hydroxylation is 1. The van der Waals surface area contributed by atoms with E-state index in [0.717, 1.165) is 17.0 Å². The van der Waals surface area contributed by atoms with E-state index in [4.69, 9.17) is 9.26 Å². The van der Waals surface area contributed by atoms with E-state index < -0.39 is 0 Å². The third-order valence-corrected chi connectivity index (χ3v) is 4.69. The first-order chi connectivity index (χ1) is 13.1. The fraction of sp³-hybridized carbons (Fsp3) is 0.286. The lowest BCUT2D eigenvalue weighted by Gasteiger charge is -2.16. The van der Waals surface area contributed by atoms with Crippen molar-refractivity contribution in [2.24, 2.45) is 0 Å². The summed E-state index contributed by atoms with van der Waals surface area (Å²) >= 11 is 0. The molecule has 0 N–H and O–H groups in total. The van der Waals surface area contributed by atoms with E-state index in [-0.39, 0.29) is 11.8 Å². The Morgan fingerprint density at radius 1 is 1.15 bits per heavy atom. The molecule has 1 atom stereocenters. The summed E-state index contributed by atoms with van der Waals surface area (Å²) in [5.74, 6) is 1.81. The van der Waals surface area contributed by atoms with E-state index in [9.17, 15) is 4.79 Å². The lowest BCUT2D eigenvalue weighted by Crippen LogP contribution is -2.24. The number of benzene rings is 2. The van der Waals surface area contributed by atoms with E-state index in [1.807, 2.05) is 62.4 Å². The van der Waals surface area contributed by atoms with Gasteiger partial charge in [0.2, 0.25) is 17.6 Å². The quantitative estimate of drug-likeness (QED) is 0.686. The average Bonchev–Trinajstić information content (AvgIpc) is 3.30. The molecule has 1 saturated heterocycles. The number of hydrogen-bond acceptors (Lipinski definition) is 5. The van der Waals surface area contributed by atoms with Gasteiger partial charge in [-0.3, -0.25) is 4.79 Å². The Morgan fingerprint density at radius 3 is 2.59 bits per heavy atom. The fourth-order valence-electron chi connectivity index (χ4n) is 3.23. The molecule has 2 aromatic carbocycles. The molecule has 1 amide bonds. The summed E-state index contributed by atoms with van der Waals surface area (Å²) in [6.07, 6.45) is 0.374. The molecule has 1 aliphatic heterocycles. The Labute approximate surface area is 157 Å². The molecule has 6 heteroatoms. The lowest BCUT2D eigenvalue weighted by atomic mass is 10.1. The SMILES string of the molecule is CCOc1ccc(-c2noc(C3CC(=O)N(c4ccc(C)cc4)C3)n2)cc1. The monoisotopic (exact) mass is 363 g/mol. The first kappa shape index (κ1) is 17.3. The maximum absolute atomic E-state index is 12.4. The first-order valence-corrected chi connectivity index (χ1v) is 9.08. The van der Waals surface area contributed by atoms with Crippen molar-refractivity contribution < 1.29 is 14.1 Å². The Kier molecular flexibility index (Phi) is 4.62. The maximum Gasteiger partial charge on any atom is 0.232 e. The molecule has 138 valence electrons. The minimum absolute atomic E-state index is 0.0738. The number of amides is 1. The van der Waals surface area contributed by atoms with Gasteiger partial charge in [-0.25, -0.2) is 0 Å². The normalized spacial score (nSPS) is 16.7. The zero-order valence-electron chi connectivity index (χ0n) is 15.4. The van der Waals surface area contributed by atoms with Crippen LogP contribution in [0.25, 0.3) is 11.4 Å². The largest absolute Gasteiger partial charge is 0.494 e. The molecule has 1 fully saturated rings. The zero-order valence-corrected chi connectivity index (χ0v) is 15.4. The van der Waals surface area contributed by atoms with Crippen LogP contribution in [-0.2, 0) is 4.79 Å². The van der Waals surface area contributed by atoms with E-state index in [0.29, 0.717) is 31.3 Å². The number of ether oxygens (including phenoxy) is 1. The van der Waals surface area contributed by atoms with Gasteiger partial charge in [0.25, 0.3) is 0 Å². The highest BCUT2D eigenvalue weighted by molar-refractivity contribution is 5.96. The van der Waals surface area contributed by atoms with Gasteiger partial charge in [0.15, 0.2) is 0 Å². The fourth-order valence-corrected chi connectivity index (χ4v) is 3.23. The van der Waals surface area contributed by atoms with Gasteiger partial charge in [-0.05, 0) is 50.2 Å². The summed E-state index contributed by atoms with van der Waals surface area (Å²) in [6.45, 7) is 5.15. The summed E-state index contributed by atoms with van der Waals surface area (Å²) < 4.78 is 10.9. The summed E-state index contributed by atoms with van der Waals surface area (Å²) in [5, 5.41) is 4.08. The van der Waals surface area contributed by atoms with Crippen molar-refractivity contribution in [2.75, 3.05) is 18.1 Å². The van der Waals surface area contributed by atoms with Gasteiger partial charge in [0.1, 0.15) is 5.75 Å². The molecule has 1 aromatic heterocycles. The molecule has 0 saturated carbocycles. The van der Waals surface area contributed by atoms with Gasteiger partial charge < -0.3 is 14.2 Å². The van der Waals surface area contributed by atoms with Gasteiger partial charge in [-0.2, -0.15) is 4.98 Å². The second-order valence-corrected chi connectivity index (χ2v) is 6.65. The van der Waals surface area contributed by atoms with Crippen LogP contribution in [0.4, 0.5) is 5.69 Å². The molecule has 4 rings (SSSR count). The van der Waals surface area contributed by atoms with Crippen LogP contribution >= 0.6 is 0 Å². The molecule has 0 bridgehead atoms. The Morgan fingerprint density at radius 2 is 1.89 bits per heavy atom. The Bertz CT molecular complexity index is 932. The lowest BCUT2D eigenvalue weighted by molar-refractivity contribution is -0.117. The molecule has 0 spiro atoms. The van der Waals surface area contributed by atoms with Crippen LogP contribution in [0.3, 0.4) is 0 Å². The molecule has 0 aliphatic carbocycles. The molecule has 0 radical (unpaired) electrons. The number of rotatable bonds is 5. The zero-order chi connectivity index (χ0) is 18.8. The second-order valence-electron chi connectivity index (χ2n) is 6.65. The van der Waals surface area contributed by atoms with Crippen molar-refractivity contribution >= 4 is 11.6 Å². The summed E-state index contributed by atoms with van der Waals surface area (Å²) in [6, 6.07) is 15.5. The topological polar surface area (TPSA) is 68.5 Å². The molecule has 27 heavy (non-hydrogen) atoms. The van der Waals surface area contributed by atoms with E-state index in [1.54, 1.807) is 4.90 Å². The summed E-state index contributed by atoms with van der Waals surface area (Å²) in [5.41, 5.74) is 2.92. The number of nitrogens with zero attached hydrogens (tertiary/aromatic N) is 3. The van der Waals surface area contributed by atoms with Gasteiger partial charge >= 0.3 is 0 Å². The second kappa shape index (κ2) is 7.23. The van der Waals surface area contributed by atoms with E-state index >= 15 is 0 Å². The highest BCUT2D eigenvalue weighted by atomic mass is 16.5. The molecule has 3 aromatic rings. The van der Waals surface area contributed by atoms with Crippen LogP contribution in [0, 0.1) is 6.92 Å². The average molecular weight is 363 g/mol. The molecule has 1 unspecified atom stereocenters. The van der Waals surface area contributed by atoms with Gasteiger partial charge in [-0.15, -0.1) is 0 Å². The Hall–Kier alpha value is -3.15. The van der Waals surface area contributed by atoms with Crippen LogP contribution in [0.2, 0.25) is 0 Å². The first-order valence-electron chi connectivity index (χ1n) is 9.08. The number of carbonyl (C=O) groups is 1. The smallest absolute Gasteiger partial charge is 0.232 e. The standard InChI is InChI=1S/C21H21N3O3/c1-3-26-18-10-6-15(7-11-18)20-22-21(27-23-20)16-12-19(25)24(13-16)17-8-4-14(2)5-9-17/h4-11,16H,3,12-13H2,1-2H3. The number of aromatic nitrogens is 2. The third kappa shape index (κ3) is 3.56. The van der Waals surface area contributed by atoms with Crippen LogP contribution in [0.5, 0.6) is 5.75 Å². The van der Waals surface area contributed by atoms with Crippen LogP contribution in [0.15, 0.2) is 53.1 Å². The molecule has 6 nitrogen and oxygen atoms in total. The maximum atomic E-state index is 12.4. The number of hydrogen-bond donors (Lipinski definition) is 0. The summed E-state index contributed by atoms with van der Waals surface area (Å²) in [4.78, 5) is 18.7. The van der Waals surface area contributed by atoms with Gasteiger partial charge in [0.05, 0.1) is 12.5 Å². The van der Waals surface area contributed by atoms with Gasteiger partial charge in [0, 0.05) is 24.2 Å². The highest BCUT2D eigenvalue weighted by Gasteiger charge is 2.35. The highest BCUT2D eigenvalue weighted by Crippen LogP contribution is 2.32. The third-order valence-electron chi connectivity index (χ3n) is 4.69. The predicted molar refractivity (Wildman–Crippen MR) is 102 cm³/mol. The van der Waals surface area contributed by atoms with E-state index in [2.05, 4.69) is 10.1 Å². The van der Waals surface area contributed by atoms with Crippen molar-refractivity contribution in [1.29, 1.82) is 0 Å². The minimum atomic E-state index is -0.0947. The van der Waals surface area contributed by atoms with Crippen molar-refractivity contribution in [2.45, 2.75) is 26.2 Å². The molecular weight excluding hydrogens is 342 g/mol. The minimum Gasteiger partial charge on any atom is -0.494 e. The molecule has 2 heterocycles. The molecular formula is C21H21N3O3.